The third-order valence-electron chi connectivity index (χ3n) is 4.64. The van der Waals surface area contributed by atoms with Crippen LogP contribution in [0.15, 0.2) is 24.3 Å². The number of hydrogen-bond acceptors (Lipinski definition) is 2. The summed E-state index contributed by atoms with van der Waals surface area (Å²) in [7, 11) is 0. The topological polar surface area (TPSA) is 40.6 Å². The van der Waals surface area contributed by atoms with Gasteiger partial charge in [-0.25, -0.2) is 4.39 Å². The number of terminal acetylenes is 1. The lowest BCUT2D eigenvalue weighted by Gasteiger charge is -2.28. The molecule has 3 rings (SSSR count). The highest BCUT2D eigenvalue weighted by Gasteiger charge is 2.38. The summed E-state index contributed by atoms with van der Waals surface area (Å²) < 4.78 is 13.4. The van der Waals surface area contributed by atoms with Gasteiger partial charge in [0.15, 0.2) is 0 Å². The van der Waals surface area contributed by atoms with Gasteiger partial charge in [0.25, 0.3) is 0 Å². The minimum absolute atomic E-state index is 0.242. The molecule has 0 aliphatic carbocycles. The lowest BCUT2D eigenvalue weighted by atomic mass is 10.0. The first-order valence-electron chi connectivity index (χ1n) is 7.95. The van der Waals surface area contributed by atoms with Gasteiger partial charge < -0.3 is 9.80 Å². The first-order valence-corrected chi connectivity index (χ1v) is 7.95. The lowest BCUT2D eigenvalue weighted by molar-refractivity contribution is -0.152. The molecule has 120 valence electrons. The number of carbonyl (C=O) groups is 2. The van der Waals surface area contributed by atoms with Crippen LogP contribution in [-0.4, -0.2) is 40.7 Å². The molecule has 1 aromatic rings. The number of nitrogens with zero attached hydrogens (tertiary/aromatic N) is 2. The quantitative estimate of drug-likeness (QED) is 0.588. The minimum Gasteiger partial charge on any atom is -0.327 e. The van der Waals surface area contributed by atoms with E-state index in [-0.39, 0.29) is 17.9 Å². The Balaban J connectivity index is 1.78. The Hall–Kier alpha value is -2.35. The number of likely N-dealkylation sites (tertiary alicyclic amines) is 2. The van der Waals surface area contributed by atoms with E-state index in [1.807, 2.05) is 0 Å². The van der Waals surface area contributed by atoms with Crippen LogP contribution in [0.2, 0.25) is 0 Å². The molecule has 2 aliphatic rings. The van der Waals surface area contributed by atoms with Crippen LogP contribution in [0.25, 0.3) is 0 Å². The molecule has 0 spiro atoms. The third kappa shape index (κ3) is 2.94. The molecule has 0 radical (unpaired) electrons. The van der Waals surface area contributed by atoms with Crippen LogP contribution in [0.3, 0.4) is 0 Å². The number of rotatable bonds is 1. The maximum atomic E-state index is 13.4. The van der Waals surface area contributed by atoms with E-state index in [9.17, 15) is 14.0 Å². The summed E-state index contributed by atoms with van der Waals surface area (Å²) >= 11 is 0. The summed E-state index contributed by atoms with van der Waals surface area (Å²) in [6, 6.07) is 5.70. The van der Waals surface area contributed by atoms with Crippen molar-refractivity contribution in [1.29, 1.82) is 0 Å². The van der Waals surface area contributed by atoms with Crippen molar-refractivity contribution in [2.45, 2.75) is 37.8 Å². The van der Waals surface area contributed by atoms with Crippen molar-refractivity contribution >= 4 is 11.8 Å². The smallest absolute Gasteiger partial charge is 0.313 e. The molecule has 0 saturated carbocycles. The van der Waals surface area contributed by atoms with Gasteiger partial charge in [-0.05, 0) is 43.4 Å². The van der Waals surface area contributed by atoms with Crippen molar-refractivity contribution in [2.24, 2.45) is 0 Å². The molecule has 1 aromatic carbocycles. The Morgan fingerprint density at radius 1 is 1.13 bits per heavy atom. The van der Waals surface area contributed by atoms with Crippen LogP contribution in [0, 0.1) is 18.2 Å². The van der Waals surface area contributed by atoms with Crippen molar-refractivity contribution < 1.29 is 14.0 Å². The molecule has 2 fully saturated rings. The largest absolute Gasteiger partial charge is 0.327 e. The average Bonchev–Trinajstić information content (AvgIpc) is 3.22. The molecule has 4 nitrogen and oxygen atoms in total. The van der Waals surface area contributed by atoms with Crippen LogP contribution in [-0.2, 0) is 9.59 Å². The van der Waals surface area contributed by atoms with Crippen LogP contribution in [0.5, 0.6) is 0 Å². The molecule has 2 aliphatic heterocycles. The predicted molar refractivity (Wildman–Crippen MR) is 83.7 cm³/mol. The van der Waals surface area contributed by atoms with Crippen molar-refractivity contribution in [3.63, 3.8) is 0 Å². The van der Waals surface area contributed by atoms with Gasteiger partial charge in [0, 0.05) is 13.1 Å². The Morgan fingerprint density at radius 2 is 1.83 bits per heavy atom. The Labute approximate surface area is 135 Å². The van der Waals surface area contributed by atoms with E-state index in [4.69, 9.17) is 6.42 Å². The first-order chi connectivity index (χ1) is 11.1. The van der Waals surface area contributed by atoms with Gasteiger partial charge in [-0.15, -0.1) is 6.42 Å². The van der Waals surface area contributed by atoms with Gasteiger partial charge in [-0.2, -0.15) is 0 Å². The van der Waals surface area contributed by atoms with Crippen molar-refractivity contribution in [3.8, 4) is 12.3 Å². The monoisotopic (exact) mass is 314 g/mol. The number of hydrogen-bond donors (Lipinski definition) is 0. The standard InChI is InChI=1S/C18H19FN2O2/c1-2-15-8-4-10-20(15)17(22)18(23)21-11-5-9-16(21)13-6-3-7-14(19)12-13/h1,3,6-7,12,15-16H,4-5,8-11H2. The van der Waals surface area contributed by atoms with E-state index >= 15 is 0 Å². The molecular formula is C18H19FN2O2. The number of carbonyl (C=O) groups excluding carboxylic acids is 2. The summed E-state index contributed by atoms with van der Waals surface area (Å²) in [5, 5.41) is 0. The Bertz CT molecular complexity index is 667. The fourth-order valence-corrected chi connectivity index (χ4v) is 3.50. The zero-order valence-electron chi connectivity index (χ0n) is 12.9. The van der Waals surface area contributed by atoms with Gasteiger partial charge in [0.2, 0.25) is 0 Å². The molecular weight excluding hydrogens is 295 g/mol. The molecule has 0 N–H and O–H groups in total. The number of benzene rings is 1. The molecule has 2 unspecified atom stereocenters. The predicted octanol–water partition coefficient (Wildman–Crippen LogP) is 2.11. The van der Waals surface area contributed by atoms with Gasteiger partial charge in [0.05, 0.1) is 12.1 Å². The second kappa shape index (κ2) is 6.41. The fourth-order valence-electron chi connectivity index (χ4n) is 3.50. The Morgan fingerprint density at radius 3 is 2.57 bits per heavy atom. The summed E-state index contributed by atoms with van der Waals surface area (Å²) in [6.45, 7) is 1.04. The molecule has 2 atom stereocenters. The highest BCUT2D eigenvalue weighted by Crippen LogP contribution is 2.32. The fraction of sp³-hybridized carbons (Fsp3) is 0.444. The Kier molecular flexibility index (Phi) is 4.33. The normalized spacial score (nSPS) is 23.8. The van der Waals surface area contributed by atoms with E-state index < -0.39 is 11.8 Å². The van der Waals surface area contributed by atoms with Gasteiger partial charge in [0.1, 0.15) is 5.82 Å². The number of halogens is 1. The van der Waals surface area contributed by atoms with Gasteiger partial charge in [-0.1, -0.05) is 18.1 Å². The summed E-state index contributed by atoms with van der Waals surface area (Å²) in [4.78, 5) is 28.2. The second-order valence-electron chi connectivity index (χ2n) is 6.03. The van der Waals surface area contributed by atoms with E-state index in [1.54, 1.807) is 17.0 Å². The van der Waals surface area contributed by atoms with Crippen LogP contribution in [0.4, 0.5) is 4.39 Å². The molecule has 0 aromatic heterocycles. The summed E-state index contributed by atoms with van der Waals surface area (Å²) in [5.74, 6) is 1.18. The molecule has 2 amide bonds. The highest BCUT2D eigenvalue weighted by atomic mass is 19.1. The summed E-state index contributed by atoms with van der Waals surface area (Å²) in [6.07, 6.45) is 8.54. The lowest BCUT2D eigenvalue weighted by Crippen LogP contribution is -2.46. The second-order valence-corrected chi connectivity index (χ2v) is 6.03. The third-order valence-corrected chi connectivity index (χ3v) is 4.64. The minimum atomic E-state index is -0.534. The van der Waals surface area contributed by atoms with Gasteiger partial charge in [-0.3, -0.25) is 9.59 Å². The van der Waals surface area contributed by atoms with E-state index in [0.717, 1.165) is 31.2 Å². The molecule has 0 bridgehead atoms. The van der Waals surface area contributed by atoms with E-state index in [2.05, 4.69) is 5.92 Å². The SMILES string of the molecule is C#CC1CCCN1C(=O)C(=O)N1CCCC1c1cccc(F)c1. The highest BCUT2D eigenvalue weighted by molar-refractivity contribution is 6.35. The molecule has 2 heterocycles. The van der Waals surface area contributed by atoms with Crippen molar-refractivity contribution in [3.05, 3.63) is 35.6 Å². The maximum Gasteiger partial charge on any atom is 0.313 e. The van der Waals surface area contributed by atoms with Crippen LogP contribution < -0.4 is 0 Å². The zero-order chi connectivity index (χ0) is 16.4. The van der Waals surface area contributed by atoms with Gasteiger partial charge >= 0.3 is 11.8 Å². The maximum absolute atomic E-state index is 13.4. The van der Waals surface area contributed by atoms with E-state index in [0.29, 0.717) is 13.1 Å². The zero-order valence-corrected chi connectivity index (χ0v) is 12.9. The van der Waals surface area contributed by atoms with Crippen molar-refractivity contribution in [2.75, 3.05) is 13.1 Å². The van der Waals surface area contributed by atoms with Crippen LogP contribution in [0.1, 0.15) is 37.3 Å². The number of amides is 2. The molecule has 2 saturated heterocycles. The van der Waals surface area contributed by atoms with Crippen LogP contribution >= 0.6 is 0 Å². The van der Waals surface area contributed by atoms with Crippen molar-refractivity contribution in [1.82, 2.24) is 9.80 Å². The van der Waals surface area contributed by atoms with E-state index in [1.165, 1.54) is 17.0 Å². The molecule has 5 heteroatoms. The first kappa shape index (κ1) is 15.5. The molecule has 23 heavy (non-hydrogen) atoms. The average molecular weight is 314 g/mol. The summed E-state index contributed by atoms with van der Waals surface area (Å²) in [5.41, 5.74) is 0.735.